The van der Waals surface area contributed by atoms with E-state index in [1.807, 2.05) is 33.8 Å². The van der Waals surface area contributed by atoms with Crippen LogP contribution >= 0.6 is 0 Å². The number of benzene rings is 2. The molecule has 2 N–H and O–H groups in total. The van der Waals surface area contributed by atoms with Gasteiger partial charge < -0.3 is 25.0 Å². The number of carboxylic acid groups (broad SMARTS) is 1. The van der Waals surface area contributed by atoms with Crippen LogP contribution in [0.15, 0.2) is 30.3 Å². The lowest BCUT2D eigenvalue weighted by molar-refractivity contribution is -0.121. The van der Waals surface area contributed by atoms with Gasteiger partial charge in [0, 0.05) is 37.1 Å². The number of rotatable bonds is 6. The van der Waals surface area contributed by atoms with Crippen molar-refractivity contribution in [1.82, 2.24) is 4.90 Å². The van der Waals surface area contributed by atoms with Gasteiger partial charge in [0.15, 0.2) is 0 Å². The van der Waals surface area contributed by atoms with Gasteiger partial charge in [0.05, 0.1) is 11.0 Å². The summed E-state index contributed by atoms with van der Waals surface area (Å²) in [6, 6.07) is 10.2. The van der Waals surface area contributed by atoms with E-state index in [1.165, 1.54) is 12.7 Å². The normalized spacial score (nSPS) is 24.8. The lowest BCUT2D eigenvalue weighted by Gasteiger charge is -2.40. The number of nitrogens with zero attached hydrogens (tertiary/aromatic N) is 2. The van der Waals surface area contributed by atoms with E-state index in [0.717, 1.165) is 78.0 Å². The highest BCUT2D eigenvalue weighted by atomic mass is 16.6. The molecular weight excluding hydrogens is 565 g/mol. The number of hydrogen-bond acceptors (Lipinski definition) is 5. The van der Waals surface area contributed by atoms with Crippen molar-refractivity contribution in [3.63, 3.8) is 0 Å². The molecule has 8 nitrogen and oxygen atoms in total. The van der Waals surface area contributed by atoms with Gasteiger partial charge in [-0.2, -0.15) is 0 Å². The second kappa shape index (κ2) is 12.0. The molecule has 2 amide bonds. The zero-order chi connectivity index (χ0) is 32.1. The van der Waals surface area contributed by atoms with Crippen LogP contribution < -0.4 is 10.2 Å². The first-order chi connectivity index (χ1) is 21.4. The summed E-state index contributed by atoms with van der Waals surface area (Å²) in [4.78, 5) is 42.8. The van der Waals surface area contributed by atoms with Gasteiger partial charge in [-0.3, -0.25) is 4.79 Å². The number of aromatic carboxylic acids is 1. The number of likely N-dealkylation sites (tertiary alicyclic amines) is 1. The van der Waals surface area contributed by atoms with Crippen molar-refractivity contribution in [1.29, 1.82) is 0 Å². The summed E-state index contributed by atoms with van der Waals surface area (Å²) in [5, 5.41) is 13.4. The topological polar surface area (TPSA) is 99.2 Å². The van der Waals surface area contributed by atoms with Gasteiger partial charge in [-0.25, -0.2) is 9.59 Å². The Balaban J connectivity index is 1.27. The van der Waals surface area contributed by atoms with Crippen molar-refractivity contribution in [3.05, 3.63) is 47.0 Å². The van der Waals surface area contributed by atoms with E-state index in [-0.39, 0.29) is 23.6 Å². The molecule has 4 aliphatic rings. The molecule has 1 radical (unpaired) electrons. The summed E-state index contributed by atoms with van der Waals surface area (Å²) in [5.41, 5.74) is 4.57. The molecular formula is C36H47BN3O5. The second-order valence-electron chi connectivity index (χ2n) is 14.6. The van der Waals surface area contributed by atoms with E-state index in [1.54, 1.807) is 11.0 Å². The highest BCUT2D eigenvalue weighted by molar-refractivity contribution is 6.50. The van der Waals surface area contributed by atoms with Crippen LogP contribution in [0.2, 0.25) is 12.1 Å². The minimum atomic E-state index is -0.958. The third-order valence-electron chi connectivity index (χ3n) is 10.6. The van der Waals surface area contributed by atoms with E-state index >= 15 is 0 Å². The minimum absolute atomic E-state index is 0.112. The van der Waals surface area contributed by atoms with Crippen molar-refractivity contribution >= 4 is 36.6 Å². The maximum atomic E-state index is 13.5. The van der Waals surface area contributed by atoms with Crippen LogP contribution in [0, 0.1) is 12.8 Å². The molecule has 3 aliphatic heterocycles. The maximum absolute atomic E-state index is 13.5. The number of carbonyl (C=O) groups excluding carboxylic acids is 2. The van der Waals surface area contributed by atoms with Crippen molar-refractivity contribution in [2.24, 2.45) is 5.92 Å². The Labute approximate surface area is 268 Å². The predicted molar refractivity (Wildman–Crippen MR) is 179 cm³/mol. The van der Waals surface area contributed by atoms with Crippen molar-refractivity contribution in [3.8, 4) is 11.1 Å². The van der Waals surface area contributed by atoms with Crippen LogP contribution in [0.25, 0.3) is 11.1 Å². The van der Waals surface area contributed by atoms with E-state index < -0.39 is 17.0 Å². The predicted octanol–water partition coefficient (Wildman–Crippen LogP) is 7.28. The zero-order valence-electron chi connectivity index (χ0n) is 27.4. The minimum Gasteiger partial charge on any atom is -0.478 e. The van der Waals surface area contributed by atoms with Crippen molar-refractivity contribution in [2.75, 3.05) is 29.9 Å². The Morgan fingerprint density at radius 2 is 1.82 bits per heavy atom. The monoisotopic (exact) mass is 612 g/mol. The fourth-order valence-electron chi connectivity index (χ4n) is 8.06. The third kappa shape index (κ3) is 6.19. The van der Waals surface area contributed by atoms with Gasteiger partial charge in [-0.1, -0.05) is 37.1 Å². The van der Waals surface area contributed by atoms with Gasteiger partial charge in [-0.05, 0) is 113 Å². The number of carboxylic acids is 1. The van der Waals surface area contributed by atoms with Crippen LogP contribution in [-0.4, -0.2) is 66.5 Å². The number of amides is 2. The lowest BCUT2D eigenvalue weighted by Crippen LogP contribution is -2.48. The smallest absolute Gasteiger partial charge is 0.410 e. The summed E-state index contributed by atoms with van der Waals surface area (Å²) < 4.78 is 5.59. The summed E-state index contributed by atoms with van der Waals surface area (Å²) in [5.74, 6) is 0.597. The van der Waals surface area contributed by atoms with Crippen molar-refractivity contribution < 1.29 is 24.2 Å². The number of anilines is 2. The third-order valence-corrected chi connectivity index (χ3v) is 10.6. The second-order valence-corrected chi connectivity index (χ2v) is 14.6. The SMILES string of the molecule is CCN(c1cc(-c2ccc3c(c2)NC(=O)C32CCCC(C3[B]C3)CC2)cc(C(=O)O)c1C)C1CCN(C(=O)OC(C)(C)C)CC1. The fraction of sp³-hybridized carbons (Fsp3) is 0.583. The molecule has 3 fully saturated rings. The quantitative estimate of drug-likeness (QED) is 0.333. The van der Waals surface area contributed by atoms with Crippen LogP contribution in [0.1, 0.15) is 94.1 Å². The largest absolute Gasteiger partial charge is 0.478 e. The molecule has 45 heavy (non-hydrogen) atoms. The van der Waals surface area contributed by atoms with Crippen molar-refractivity contribution in [2.45, 2.75) is 109 Å². The first-order valence-corrected chi connectivity index (χ1v) is 16.8. The summed E-state index contributed by atoms with van der Waals surface area (Å²) in [6.45, 7) is 11.5. The molecule has 3 unspecified atom stereocenters. The molecule has 1 saturated carbocycles. The van der Waals surface area contributed by atoms with Gasteiger partial charge in [0.25, 0.3) is 0 Å². The lowest BCUT2D eigenvalue weighted by atomic mass is 9.74. The van der Waals surface area contributed by atoms with Gasteiger partial charge in [-0.15, -0.1) is 0 Å². The fourth-order valence-corrected chi connectivity index (χ4v) is 8.06. The average Bonchev–Trinajstić information content (AvgIpc) is 3.82. The van der Waals surface area contributed by atoms with Gasteiger partial charge in [0.2, 0.25) is 5.91 Å². The first kappa shape index (κ1) is 31.5. The number of ether oxygens (including phenoxy) is 1. The van der Waals surface area contributed by atoms with Crippen LogP contribution in [0.3, 0.4) is 0 Å². The highest BCUT2D eigenvalue weighted by Crippen LogP contribution is 2.52. The summed E-state index contributed by atoms with van der Waals surface area (Å²) >= 11 is 0. The number of hydrogen-bond donors (Lipinski definition) is 2. The Bertz CT molecular complexity index is 1490. The highest BCUT2D eigenvalue weighted by Gasteiger charge is 2.48. The molecule has 1 aliphatic carbocycles. The molecule has 3 heterocycles. The van der Waals surface area contributed by atoms with E-state index in [4.69, 9.17) is 4.74 Å². The van der Waals surface area contributed by atoms with Crippen LogP contribution in [-0.2, 0) is 14.9 Å². The molecule has 3 atom stereocenters. The standard InChI is InChI=1S/C36H47BN3O5/c1-6-40(26-12-16-39(17-13-26)34(44)45-35(3,4)5)31-20-25(18-27(22(31)2)32(41)42)24-9-10-28-30(19-24)38-33(43)36(28)14-7-8-23(11-15-36)29-21-37-29/h9-10,18-20,23,26,29H,6-8,11-17,21H2,1-5H3,(H,38,43)(H,41,42). The molecule has 2 aromatic rings. The maximum Gasteiger partial charge on any atom is 0.410 e. The Morgan fingerprint density at radius 3 is 2.47 bits per heavy atom. The molecule has 2 saturated heterocycles. The van der Waals surface area contributed by atoms with Gasteiger partial charge in [0.1, 0.15) is 12.9 Å². The Kier molecular flexibility index (Phi) is 8.42. The van der Waals surface area contributed by atoms with Crippen LogP contribution in [0.5, 0.6) is 0 Å². The molecule has 2 aromatic carbocycles. The molecule has 0 bridgehead atoms. The Morgan fingerprint density at radius 1 is 1.09 bits per heavy atom. The number of fused-ring (bicyclic) bond motifs is 2. The van der Waals surface area contributed by atoms with E-state index in [9.17, 15) is 19.5 Å². The van der Waals surface area contributed by atoms with E-state index in [0.29, 0.717) is 25.6 Å². The van der Waals surface area contributed by atoms with Gasteiger partial charge >= 0.3 is 12.1 Å². The number of nitrogens with one attached hydrogen (secondary N) is 1. The number of piperidine rings is 1. The molecule has 1 spiro atoms. The Hall–Kier alpha value is -3.49. The molecule has 0 aromatic heterocycles. The molecule has 9 heteroatoms. The summed E-state index contributed by atoms with van der Waals surface area (Å²) in [7, 11) is 2.41. The summed E-state index contributed by atoms with van der Waals surface area (Å²) in [6.07, 6.45) is 7.59. The van der Waals surface area contributed by atoms with E-state index in [2.05, 4.69) is 42.6 Å². The first-order valence-electron chi connectivity index (χ1n) is 16.8. The molecule has 6 rings (SSSR count). The molecule has 239 valence electrons. The number of carbonyl (C=O) groups is 3. The average molecular weight is 613 g/mol. The van der Waals surface area contributed by atoms with Crippen LogP contribution in [0.4, 0.5) is 16.2 Å². The zero-order valence-corrected chi connectivity index (χ0v) is 27.4.